The molecule has 0 aliphatic carbocycles. The minimum Gasteiger partial charge on any atom is -0.374 e. The highest BCUT2D eigenvalue weighted by Crippen LogP contribution is 2.31. The second-order valence-corrected chi connectivity index (χ2v) is 8.23. The van der Waals surface area contributed by atoms with E-state index in [2.05, 4.69) is 9.89 Å². The third-order valence-electron chi connectivity index (χ3n) is 4.73. The fraction of sp³-hybridized carbons (Fsp3) is 0.579. The van der Waals surface area contributed by atoms with Crippen LogP contribution in [0, 0.1) is 0 Å². The molecule has 0 amide bonds. The van der Waals surface area contributed by atoms with Crippen LogP contribution >= 0.6 is 35.0 Å². The summed E-state index contributed by atoms with van der Waals surface area (Å²) in [5.41, 5.74) is 2.10. The van der Waals surface area contributed by atoms with E-state index in [0.717, 1.165) is 36.0 Å². The Balaban J connectivity index is 1.54. The molecular formula is C19H25Cl2N3OS. The van der Waals surface area contributed by atoms with Gasteiger partial charge in [0, 0.05) is 18.7 Å². The number of nitrogens with zero attached hydrogens (tertiary/aromatic N) is 3. The van der Waals surface area contributed by atoms with Crippen molar-refractivity contribution in [3.63, 3.8) is 0 Å². The van der Waals surface area contributed by atoms with Crippen molar-refractivity contribution in [1.82, 2.24) is 4.90 Å². The smallest absolute Gasteiger partial charge is 0.183 e. The lowest BCUT2D eigenvalue weighted by atomic mass is 10.0. The van der Waals surface area contributed by atoms with Gasteiger partial charge in [-0.25, -0.2) is 4.99 Å². The van der Waals surface area contributed by atoms with Gasteiger partial charge in [0.25, 0.3) is 0 Å². The summed E-state index contributed by atoms with van der Waals surface area (Å²) in [5.74, 6) is 0. The van der Waals surface area contributed by atoms with E-state index in [-0.39, 0.29) is 6.04 Å². The van der Waals surface area contributed by atoms with Gasteiger partial charge in [-0.3, -0.25) is 4.99 Å². The Kier molecular flexibility index (Phi) is 7.82. The molecule has 2 aliphatic heterocycles. The van der Waals surface area contributed by atoms with Crippen LogP contribution in [0.4, 0.5) is 0 Å². The highest BCUT2D eigenvalue weighted by atomic mass is 35.5. The van der Waals surface area contributed by atoms with Crippen molar-refractivity contribution in [3.8, 4) is 0 Å². The molecule has 1 aromatic carbocycles. The summed E-state index contributed by atoms with van der Waals surface area (Å²) in [6.07, 6.45) is 6.73. The molecule has 2 aliphatic rings. The summed E-state index contributed by atoms with van der Waals surface area (Å²) >= 11 is 13.8. The number of hydrogen-bond acceptors (Lipinski definition) is 5. The van der Waals surface area contributed by atoms with E-state index in [4.69, 9.17) is 32.9 Å². The van der Waals surface area contributed by atoms with Crippen LogP contribution in [-0.4, -0.2) is 54.9 Å². The van der Waals surface area contributed by atoms with Crippen LogP contribution < -0.4 is 0 Å². The Morgan fingerprint density at radius 1 is 1.19 bits per heavy atom. The Hall–Kier alpha value is -0.590. The molecule has 0 aromatic heterocycles. The molecule has 3 rings (SSSR count). The number of halogens is 2. The largest absolute Gasteiger partial charge is 0.374 e. The van der Waals surface area contributed by atoms with Gasteiger partial charge in [-0.2, -0.15) is 0 Å². The second-order valence-electron chi connectivity index (χ2n) is 6.64. The molecule has 0 bridgehead atoms. The van der Waals surface area contributed by atoms with Crippen LogP contribution in [0.15, 0.2) is 28.2 Å². The van der Waals surface area contributed by atoms with Gasteiger partial charge >= 0.3 is 0 Å². The standard InChI is InChI=1S/C19H25Cl2N3OS/c1-26-19-22-15(13-25-10-9-24-7-3-2-4-8-24)12-18(23-19)14-5-6-16(20)17(21)11-14/h5-6,11,18H,2-4,7-10,12-13H2,1H3. The Morgan fingerprint density at radius 3 is 2.73 bits per heavy atom. The van der Waals surface area contributed by atoms with Crippen molar-refractivity contribution in [2.45, 2.75) is 31.7 Å². The number of ether oxygens (including phenoxy) is 1. The minimum absolute atomic E-state index is 0.0189. The number of amidine groups is 1. The molecule has 2 heterocycles. The first-order chi connectivity index (χ1) is 12.7. The number of likely N-dealkylation sites (tertiary alicyclic amines) is 1. The minimum atomic E-state index is 0.0189. The van der Waals surface area contributed by atoms with E-state index in [1.54, 1.807) is 11.8 Å². The Bertz CT molecular complexity index is 675. The molecule has 142 valence electrons. The quantitative estimate of drug-likeness (QED) is 0.608. The molecule has 0 saturated carbocycles. The van der Waals surface area contributed by atoms with Gasteiger partial charge in [-0.15, -0.1) is 0 Å². The molecule has 1 aromatic rings. The van der Waals surface area contributed by atoms with E-state index < -0.39 is 0 Å². The molecule has 1 unspecified atom stereocenters. The van der Waals surface area contributed by atoms with E-state index in [1.165, 1.54) is 32.4 Å². The molecule has 26 heavy (non-hydrogen) atoms. The molecule has 7 heteroatoms. The van der Waals surface area contributed by atoms with Gasteiger partial charge in [0.1, 0.15) is 0 Å². The number of benzene rings is 1. The summed E-state index contributed by atoms with van der Waals surface area (Å²) in [4.78, 5) is 11.8. The van der Waals surface area contributed by atoms with Crippen LogP contribution in [0.3, 0.4) is 0 Å². The lowest BCUT2D eigenvalue weighted by Crippen LogP contribution is -2.33. The maximum absolute atomic E-state index is 6.17. The summed E-state index contributed by atoms with van der Waals surface area (Å²) in [7, 11) is 0. The van der Waals surface area contributed by atoms with E-state index in [9.17, 15) is 0 Å². The molecule has 1 fully saturated rings. The third kappa shape index (κ3) is 5.70. The highest BCUT2D eigenvalue weighted by molar-refractivity contribution is 8.13. The van der Waals surface area contributed by atoms with Crippen molar-refractivity contribution in [2.75, 3.05) is 39.1 Å². The fourth-order valence-corrected chi connectivity index (χ4v) is 4.04. The average Bonchev–Trinajstić information content (AvgIpc) is 2.68. The van der Waals surface area contributed by atoms with E-state index in [1.807, 2.05) is 24.5 Å². The van der Waals surface area contributed by atoms with E-state index in [0.29, 0.717) is 16.7 Å². The van der Waals surface area contributed by atoms with Gasteiger partial charge in [0.15, 0.2) is 5.17 Å². The van der Waals surface area contributed by atoms with Crippen LogP contribution in [0.25, 0.3) is 0 Å². The first kappa shape index (κ1) is 20.2. The summed E-state index contributed by atoms with van der Waals surface area (Å²) < 4.78 is 5.91. The molecular weight excluding hydrogens is 389 g/mol. The number of piperidine rings is 1. The van der Waals surface area contributed by atoms with Crippen molar-refractivity contribution >= 4 is 45.8 Å². The van der Waals surface area contributed by atoms with Crippen LogP contribution in [0.1, 0.15) is 37.3 Å². The van der Waals surface area contributed by atoms with Gasteiger partial charge in [0.05, 0.1) is 29.3 Å². The first-order valence-corrected chi connectivity index (χ1v) is 11.1. The lowest BCUT2D eigenvalue weighted by molar-refractivity contribution is 0.119. The zero-order valence-electron chi connectivity index (χ0n) is 15.1. The highest BCUT2D eigenvalue weighted by Gasteiger charge is 2.21. The molecule has 1 atom stereocenters. The van der Waals surface area contributed by atoms with Crippen LogP contribution in [0.5, 0.6) is 0 Å². The van der Waals surface area contributed by atoms with Gasteiger partial charge in [0.2, 0.25) is 0 Å². The monoisotopic (exact) mass is 413 g/mol. The van der Waals surface area contributed by atoms with Gasteiger partial charge in [-0.1, -0.05) is 47.5 Å². The predicted octanol–water partition coefficient (Wildman–Crippen LogP) is 5.10. The maximum atomic E-state index is 6.17. The van der Waals surface area contributed by atoms with Crippen molar-refractivity contribution in [2.24, 2.45) is 9.98 Å². The normalized spacial score (nSPS) is 21.4. The summed E-state index contributed by atoms with van der Waals surface area (Å²) in [6.45, 7) is 4.72. The van der Waals surface area contributed by atoms with Crippen molar-refractivity contribution in [3.05, 3.63) is 33.8 Å². The molecule has 0 spiro atoms. The summed E-state index contributed by atoms with van der Waals surface area (Å²) in [6, 6.07) is 5.73. The number of aliphatic imine (C=N–C) groups is 2. The number of rotatable bonds is 6. The predicted molar refractivity (Wildman–Crippen MR) is 113 cm³/mol. The van der Waals surface area contributed by atoms with Crippen molar-refractivity contribution < 1.29 is 4.74 Å². The Morgan fingerprint density at radius 2 is 2.00 bits per heavy atom. The van der Waals surface area contributed by atoms with Crippen LogP contribution in [-0.2, 0) is 4.74 Å². The summed E-state index contributed by atoms with van der Waals surface area (Å²) in [5, 5.41) is 1.92. The third-order valence-corrected chi connectivity index (χ3v) is 6.03. The molecule has 4 nitrogen and oxygen atoms in total. The Labute approximate surface area is 170 Å². The fourth-order valence-electron chi connectivity index (χ4n) is 3.28. The zero-order chi connectivity index (χ0) is 18.4. The molecule has 0 radical (unpaired) electrons. The van der Waals surface area contributed by atoms with Gasteiger partial charge in [-0.05, 0) is 49.9 Å². The molecule has 0 N–H and O–H groups in total. The second kappa shape index (κ2) is 10.1. The first-order valence-electron chi connectivity index (χ1n) is 9.09. The topological polar surface area (TPSA) is 37.2 Å². The lowest BCUT2D eigenvalue weighted by Gasteiger charge is -2.26. The zero-order valence-corrected chi connectivity index (χ0v) is 17.4. The maximum Gasteiger partial charge on any atom is 0.183 e. The number of thioether (sulfide) groups is 1. The van der Waals surface area contributed by atoms with E-state index >= 15 is 0 Å². The van der Waals surface area contributed by atoms with Crippen molar-refractivity contribution in [1.29, 1.82) is 0 Å². The van der Waals surface area contributed by atoms with Gasteiger partial charge < -0.3 is 9.64 Å². The van der Waals surface area contributed by atoms with Crippen LogP contribution in [0.2, 0.25) is 10.0 Å². The molecule has 1 saturated heterocycles. The number of hydrogen-bond donors (Lipinski definition) is 0. The average molecular weight is 414 g/mol. The SMILES string of the molecule is CSC1=NC(c2ccc(Cl)c(Cl)c2)CC(COCCN2CCCCC2)=N1.